The number of aromatic nitrogens is 3. The van der Waals surface area contributed by atoms with Gasteiger partial charge < -0.3 is 29.7 Å². The van der Waals surface area contributed by atoms with Crippen LogP contribution in [-0.2, 0) is 11.8 Å². The van der Waals surface area contributed by atoms with Crippen molar-refractivity contribution in [2.75, 3.05) is 49.3 Å². The van der Waals surface area contributed by atoms with E-state index in [0.29, 0.717) is 47.9 Å². The Hall–Kier alpha value is -3.53. The smallest absolute Gasteiger partial charge is 0.295 e. The summed E-state index contributed by atoms with van der Waals surface area (Å²) in [7, 11) is 5.34. The van der Waals surface area contributed by atoms with Crippen LogP contribution >= 0.6 is 11.6 Å². The van der Waals surface area contributed by atoms with E-state index in [1.165, 1.54) is 0 Å². The highest BCUT2D eigenvalue weighted by Crippen LogP contribution is 2.35. The molecule has 0 aliphatic carbocycles. The molecule has 0 saturated carbocycles. The number of pyridine rings is 1. The number of amides is 1. The largest absolute Gasteiger partial charge is 0.486 e. The summed E-state index contributed by atoms with van der Waals surface area (Å²) < 4.78 is 7.45. The van der Waals surface area contributed by atoms with E-state index in [0.717, 1.165) is 35.9 Å². The van der Waals surface area contributed by atoms with Crippen molar-refractivity contribution in [2.45, 2.75) is 32.2 Å². The van der Waals surface area contributed by atoms with Gasteiger partial charge in [-0.15, -0.1) is 0 Å². The molecular formula is C26H32ClN7O3. The number of carbonyl (C=O) groups excluding carboxylic acids is 1. The van der Waals surface area contributed by atoms with E-state index in [9.17, 15) is 9.59 Å². The number of halogens is 1. The van der Waals surface area contributed by atoms with Crippen molar-refractivity contribution in [2.24, 2.45) is 13.0 Å². The van der Waals surface area contributed by atoms with Gasteiger partial charge in [0.1, 0.15) is 5.02 Å². The fraction of sp³-hybridized carbons (Fsp3) is 0.462. The molecule has 2 aliphatic heterocycles. The number of hydrogen-bond acceptors (Lipinski definition) is 8. The summed E-state index contributed by atoms with van der Waals surface area (Å²) in [6.45, 7) is 3.96. The van der Waals surface area contributed by atoms with Crippen LogP contribution in [0, 0.1) is 5.92 Å². The highest BCUT2D eigenvalue weighted by atomic mass is 35.5. The standard InChI is InChI=1S/C26H32ClN7O3/c1-15-9-12-37-22-21(29-15)18-13-17(5-6-20(18)33(4)25(22)36)30-23-19(27)14-28-26(31-23)34-10-7-16(8-11-34)24(35)32(2)3/h5-6,13-16,29H,7-12H2,1-4H3,(H,28,30,31). The number of hydrogen-bond donors (Lipinski definition) is 2. The van der Waals surface area contributed by atoms with Gasteiger partial charge >= 0.3 is 0 Å². The molecule has 196 valence electrons. The molecular weight excluding hydrogens is 494 g/mol. The second kappa shape index (κ2) is 10.1. The predicted octanol–water partition coefficient (Wildman–Crippen LogP) is 3.61. The molecule has 3 aromatic rings. The van der Waals surface area contributed by atoms with Crippen LogP contribution in [0.25, 0.3) is 10.9 Å². The van der Waals surface area contributed by atoms with Gasteiger partial charge in [-0.25, -0.2) is 4.98 Å². The summed E-state index contributed by atoms with van der Waals surface area (Å²) in [4.78, 5) is 38.1. The maximum atomic E-state index is 12.9. The van der Waals surface area contributed by atoms with Crippen molar-refractivity contribution in [1.29, 1.82) is 0 Å². The monoisotopic (exact) mass is 525 g/mol. The van der Waals surface area contributed by atoms with E-state index < -0.39 is 0 Å². The molecule has 1 amide bonds. The number of piperidine rings is 1. The number of carbonyl (C=O) groups is 1. The molecule has 1 aromatic carbocycles. The zero-order chi connectivity index (χ0) is 26.3. The molecule has 2 aliphatic rings. The van der Waals surface area contributed by atoms with Crippen molar-refractivity contribution in [1.82, 2.24) is 19.4 Å². The number of rotatable bonds is 4. The molecule has 11 heteroatoms. The van der Waals surface area contributed by atoms with Gasteiger partial charge in [0.2, 0.25) is 17.6 Å². The summed E-state index contributed by atoms with van der Waals surface area (Å²) in [5.74, 6) is 1.60. The zero-order valence-electron chi connectivity index (χ0n) is 21.5. The molecule has 2 aromatic heterocycles. The van der Waals surface area contributed by atoms with Crippen LogP contribution < -0.4 is 25.8 Å². The molecule has 2 N–H and O–H groups in total. The molecule has 1 fully saturated rings. The molecule has 37 heavy (non-hydrogen) atoms. The highest BCUT2D eigenvalue weighted by molar-refractivity contribution is 6.33. The predicted molar refractivity (Wildman–Crippen MR) is 146 cm³/mol. The molecule has 0 bridgehead atoms. The molecule has 1 atom stereocenters. The van der Waals surface area contributed by atoms with Crippen LogP contribution in [-0.4, -0.2) is 65.2 Å². The van der Waals surface area contributed by atoms with Gasteiger partial charge in [-0.3, -0.25) is 9.59 Å². The van der Waals surface area contributed by atoms with Gasteiger partial charge in [0.05, 0.1) is 24.0 Å². The third kappa shape index (κ3) is 4.90. The summed E-state index contributed by atoms with van der Waals surface area (Å²) in [6, 6.07) is 5.94. The summed E-state index contributed by atoms with van der Waals surface area (Å²) in [5, 5.41) is 8.05. The van der Waals surface area contributed by atoms with Crippen LogP contribution in [0.2, 0.25) is 5.02 Å². The first-order valence-corrected chi connectivity index (χ1v) is 12.9. The van der Waals surface area contributed by atoms with E-state index in [1.807, 2.05) is 18.2 Å². The number of ether oxygens (including phenoxy) is 1. The van der Waals surface area contributed by atoms with E-state index in [1.54, 1.807) is 36.8 Å². The van der Waals surface area contributed by atoms with Crippen LogP contribution in [0.5, 0.6) is 5.75 Å². The number of benzene rings is 1. The highest BCUT2D eigenvalue weighted by Gasteiger charge is 2.27. The Kier molecular flexibility index (Phi) is 6.85. The van der Waals surface area contributed by atoms with Crippen molar-refractivity contribution in [3.8, 4) is 5.75 Å². The van der Waals surface area contributed by atoms with Crippen molar-refractivity contribution in [3.05, 3.63) is 39.8 Å². The third-order valence-corrected chi connectivity index (χ3v) is 7.38. The average molecular weight is 526 g/mol. The van der Waals surface area contributed by atoms with Gasteiger partial charge in [0.15, 0.2) is 5.82 Å². The van der Waals surface area contributed by atoms with E-state index in [2.05, 4.69) is 27.4 Å². The Bertz CT molecular complexity index is 1400. The van der Waals surface area contributed by atoms with Crippen LogP contribution in [0.3, 0.4) is 0 Å². The Labute approximate surface area is 220 Å². The Morgan fingerprint density at radius 3 is 2.73 bits per heavy atom. The second-order valence-electron chi connectivity index (χ2n) is 9.97. The molecule has 1 saturated heterocycles. The SMILES string of the molecule is CC1CCOc2c(c3cc(Nc4nc(N5CCC(C(=O)N(C)C)CC5)ncc4Cl)ccc3n(C)c2=O)N1. The molecule has 1 unspecified atom stereocenters. The Morgan fingerprint density at radius 1 is 1.24 bits per heavy atom. The Morgan fingerprint density at radius 2 is 2.00 bits per heavy atom. The third-order valence-electron chi connectivity index (χ3n) is 7.10. The van der Waals surface area contributed by atoms with Gasteiger partial charge in [0.25, 0.3) is 5.56 Å². The molecule has 0 spiro atoms. The van der Waals surface area contributed by atoms with E-state index in [4.69, 9.17) is 21.3 Å². The van der Waals surface area contributed by atoms with Crippen molar-refractivity contribution >= 4 is 51.6 Å². The molecule has 0 radical (unpaired) electrons. The van der Waals surface area contributed by atoms with Gasteiger partial charge in [-0.1, -0.05) is 11.6 Å². The lowest BCUT2D eigenvalue weighted by molar-refractivity contribution is -0.133. The second-order valence-corrected chi connectivity index (χ2v) is 10.4. The summed E-state index contributed by atoms with van der Waals surface area (Å²) >= 11 is 6.47. The van der Waals surface area contributed by atoms with Crippen LogP contribution in [0.15, 0.2) is 29.2 Å². The quantitative estimate of drug-likeness (QED) is 0.532. The van der Waals surface area contributed by atoms with Crippen molar-refractivity contribution < 1.29 is 9.53 Å². The molecule has 5 rings (SSSR count). The minimum absolute atomic E-state index is 0.0279. The fourth-order valence-electron chi connectivity index (χ4n) is 4.96. The maximum absolute atomic E-state index is 12.9. The lowest BCUT2D eigenvalue weighted by Crippen LogP contribution is -2.40. The number of anilines is 4. The zero-order valence-corrected chi connectivity index (χ0v) is 22.3. The van der Waals surface area contributed by atoms with Crippen LogP contribution in [0.4, 0.5) is 23.1 Å². The first-order valence-electron chi connectivity index (χ1n) is 12.5. The lowest BCUT2D eigenvalue weighted by atomic mass is 9.96. The normalized spacial score (nSPS) is 18.0. The minimum atomic E-state index is -0.163. The number of fused-ring (bicyclic) bond motifs is 3. The fourth-order valence-corrected chi connectivity index (χ4v) is 5.10. The average Bonchev–Trinajstić information content (AvgIpc) is 3.09. The van der Waals surface area contributed by atoms with E-state index in [-0.39, 0.29) is 23.4 Å². The first-order chi connectivity index (χ1) is 17.7. The topological polar surface area (TPSA) is 105 Å². The first kappa shape index (κ1) is 25.1. The molecule has 10 nitrogen and oxygen atoms in total. The maximum Gasteiger partial charge on any atom is 0.295 e. The summed E-state index contributed by atoms with van der Waals surface area (Å²) in [6.07, 6.45) is 3.91. The summed E-state index contributed by atoms with van der Waals surface area (Å²) in [5.41, 5.74) is 2.11. The minimum Gasteiger partial charge on any atom is -0.486 e. The van der Waals surface area contributed by atoms with Crippen LogP contribution in [0.1, 0.15) is 26.2 Å². The lowest BCUT2D eigenvalue weighted by Gasteiger charge is -2.32. The van der Waals surface area contributed by atoms with E-state index >= 15 is 0 Å². The number of nitrogens with one attached hydrogen (secondary N) is 2. The van der Waals surface area contributed by atoms with Gasteiger partial charge in [-0.2, -0.15) is 4.98 Å². The number of nitrogens with zero attached hydrogens (tertiary/aromatic N) is 5. The van der Waals surface area contributed by atoms with Gasteiger partial charge in [0, 0.05) is 63.7 Å². The molecule has 4 heterocycles. The Balaban J connectivity index is 1.43. The van der Waals surface area contributed by atoms with Gasteiger partial charge in [-0.05, 0) is 38.0 Å². The number of aryl methyl sites for hydroxylation is 1. The van der Waals surface area contributed by atoms with Crippen molar-refractivity contribution in [3.63, 3.8) is 0 Å².